The minimum Gasteiger partial charge on any atom is -0.494 e. The molecule has 2 atom stereocenters. The largest absolute Gasteiger partial charge is 0.494 e. The Bertz CT molecular complexity index is 1230. The van der Waals surface area contributed by atoms with Crippen molar-refractivity contribution >= 4 is 5.97 Å². The third kappa shape index (κ3) is 7.61. The van der Waals surface area contributed by atoms with Crippen molar-refractivity contribution in [1.29, 1.82) is 0 Å². The summed E-state index contributed by atoms with van der Waals surface area (Å²) in [5.41, 5.74) is 4.24. The molecule has 0 fully saturated rings. The third-order valence-electron chi connectivity index (χ3n) is 6.38. The summed E-state index contributed by atoms with van der Waals surface area (Å²) in [6.07, 6.45) is -0.454. The van der Waals surface area contributed by atoms with Gasteiger partial charge in [-0.2, -0.15) is 0 Å². The van der Waals surface area contributed by atoms with Crippen LogP contribution in [0, 0.1) is 12.7 Å². The van der Waals surface area contributed by atoms with Crippen LogP contribution in [0.3, 0.4) is 0 Å². The topological polar surface area (TPSA) is 88.0 Å². The molecule has 0 aliphatic carbocycles. The molecule has 0 amide bonds. The SMILES string of the molecule is COc1ccc(CC(C)(C)NC[C@@H](O)COC(C)c2ccccc2-c2ccc(C(=O)O)c(C)c2)cc1F. The molecule has 0 bridgehead atoms. The Morgan fingerprint density at radius 2 is 1.84 bits per heavy atom. The Labute approximate surface area is 218 Å². The van der Waals surface area contributed by atoms with Gasteiger partial charge in [0.05, 0.1) is 31.5 Å². The summed E-state index contributed by atoms with van der Waals surface area (Å²) in [7, 11) is 1.44. The number of hydrogen-bond acceptors (Lipinski definition) is 5. The first kappa shape index (κ1) is 28.3. The number of carboxylic acid groups (broad SMARTS) is 1. The standard InChI is InChI=1S/C30H36FNO5/c1-19-14-22(11-12-24(19)29(34)35)26-9-7-6-8-25(26)20(2)37-18-23(33)17-32-30(3,4)16-21-10-13-28(36-5)27(31)15-21/h6-15,20,23,32-33H,16-18H2,1-5H3,(H,34,35)/t20?,23-/m1/s1. The Hall–Kier alpha value is -3.26. The van der Waals surface area contributed by atoms with Gasteiger partial charge < -0.3 is 25.0 Å². The van der Waals surface area contributed by atoms with Crippen molar-refractivity contribution < 1.29 is 28.9 Å². The smallest absolute Gasteiger partial charge is 0.335 e. The fourth-order valence-electron chi connectivity index (χ4n) is 4.38. The first-order chi connectivity index (χ1) is 17.5. The number of halogens is 1. The average Bonchev–Trinajstić information content (AvgIpc) is 2.85. The van der Waals surface area contributed by atoms with Crippen LogP contribution in [0.25, 0.3) is 11.1 Å². The van der Waals surface area contributed by atoms with Gasteiger partial charge in [0.1, 0.15) is 0 Å². The molecular formula is C30H36FNO5. The summed E-state index contributed by atoms with van der Waals surface area (Å²) in [6.45, 7) is 8.16. The molecule has 3 aromatic rings. The number of methoxy groups -OCH3 is 1. The van der Waals surface area contributed by atoms with E-state index < -0.39 is 17.9 Å². The van der Waals surface area contributed by atoms with Gasteiger partial charge in [0.25, 0.3) is 0 Å². The number of aliphatic hydroxyl groups is 1. The van der Waals surface area contributed by atoms with Crippen LogP contribution in [0.2, 0.25) is 0 Å². The summed E-state index contributed by atoms with van der Waals surface area (Å²) in [5, 5.41) is 23.2. The number of nitrogens with one attached hydrogen (secondary N) is 1. The van der Waals surface area contributed by atoms with E-state index in [0.29, 0.717) is 18.5 Å². The number of rotatable bonds is 12. The highest BCUT2D eigenvalue weighted by atomic mass is 19.1. The maximum atomic E-state index is 14.0. The monoisotopic (exact) mass is 509 g/mol. The second-order valence-electron chi connectivity index (χ2n) is 9.96. The quantitative estimate of drug-likeness (QED) is 0.296. The first-order valence-electron chi connectivity index (χ1n) is 12.3. The summed E-state index contributed by atoms with van der Waals surface area (Å²) >= 11 is 0. The number of aliphatic hydroxyl groups excluding tert-OH is 1. The summed E-state index contributed by atoms with van der Waals surface area (Å²) in [5.74, 6) is -1.13. The van der Waals surface area contributed by atoms with E-state index in [1.165, 1.54) is 13.2 Å². The van der Waals surface area contributed by atoms with E-state index >= 15 is 0 Å². The fourth-order valence-corrected chi connectivity index (χ4v) is 4.38. The highest BCUT2D eigenvalue weighted by molar-refractivity contribution is 5.90. The van der Waals surface area contributed by atoms with Crippen LogP contribution in [0.15, 0.2) is 60.7 Å². The molecule has 0 radical (unpaired) electrons. The van der Waals surface area contributed by atoms with Crippen molar-refractivity contribution in [2.75, 3.05) is 20.3 Å². The predicted octanol–water partition coefficient (Wildman–Crippen LogP) is 5.56. The third-order valence-corrected chi connectivity index (χ3v) is 6.38. The molecule has 0 saturated heterocycles. The number of aromatic carboxylic acids is 1. The lowest BCUT2D eigenvalue weighted by Crippen LogP contribution is -2.46. The molecule has 0 spiro atoms. The Morgan fingerprint density at radius 1 is 1.11 bits per heavy atom. The molecule has 7 heteroatoms. The van der Waals surface area contributed by atoms with Gasteiger partial charge in [-0.25, -0.2) is 9.18 Å². The van der Waals surface area contributed by atoms with Gasteiger partial charge in [-0.3, -0.25) is 0 Å². The lowest BCUT2D eigenvalue weighted by molar-refractivity contribution is -0.00397. The number of β-amino-alcohol motifs (C(OH)–C–C–N with tert-alkyl or cyclic N) is 1. The van der Waals surface area contributed by atoms with E-state index in [4.69, 9.17) is 9.47 Å². The number of carbonyl (C=O) groups is 1. The molecular weight excluding hydrogens is 473 g/mol. The Kier molecular flexibility index (Phi) is 9.43. The Balaban J connectivity index is 1.58. The maximum Gasteiger partial charge on any atom is 0.335 e. The molecule has 0 saturated carbocycles. The molecule has 37 heavy (non-hydrogen) atoms. The van der Waals surface area contributed by atoms with Crippen LogP contribution in [-0.4, -0.2) is 48.1 Å². The lowest BCUT2D eigenvalue weighted by atomic mass is 9.94. The van der Waals surface area contributed by atoms with Crippen LogP contribution in [-0.2, 0) is 11.2 Å². The van der Waals surface area contributed by atoms with Crippen LogP contribution < -0.4 is 10.1 Å². The zero-order chi connectivity index (χ0) is 27.2. The fraction of sp³-hybridized carbons (Fsp3) is 0.367. The first-order valence-corrected chi connectivity index (χ1v) is 12.3. The van der Waals surface area contributed by atoms with E-state index in [1.807, 2.05) is 57.2 Å². The minimum atomic E-state index is -0.948. The van der Waals surface area contributed by atoms with E-state index in [-0.39, 0.29) is 29.6 Å². The molecule has 3 N–H and O–H groups in total. The molecule has 6 nitrogen and oxygen atoms in total. The summed E-state index contributed by atoms with van der Waals surface area (Å²) in [6, 6.07) is 18.0. The van der Waals surface area contributed by atoms with Crippen molar-refractivity contribution in [3.63, 3.8) is 0 Å². The Morgan fingerprint density at radius 3 is 2.49 bits per heavy atom. The molecule has 198 valence electrons. The minimum absolute atomic E-state index is 0.132. The van der Waals surface area contributed by atoms with E-state index in [9.17, 15) is 19.4 Å². The highest BCUT2D eigenvalue weighted by Crippen LogP contribution is 2.31. The molecule has 3 aromatic carbocycles. The van der Waals surface area contributed by atoms with Gasteiger partial charge >= 0.3 is 5.97 Å². The molecule has 3 rings (SSSR count). The van der Waals surface area contributed by atoms with E-state index in [1.54, 1.807) is 25.1 Å². The van der Waals surface area contributed by atoms with Gasteiger partial charge in [0.15, 0.2) is 11.6 Å². The van der Waals surface area contributed by atoms with Crippen LogP contribution in [0.5, 0.6) is 5.75 Å². The molecule has 0 aromatic heterocycles. The van der Waals surface area contributed by atoms with Gasteiger partial charge in [-0.05, 0) is 80.1 Å². The molecule has 0 heterocycles. The van der Waals surface area contributed by atoms with Crippen LogP contribution in [0.1, 0.15) is 53.9 Å². The molecule has 0 aliphatic heterocycles. The molecule has 0 aliphatic rings. The van der Waals surface area contributed by atoms with Gasteiger partial charge in [0, 0.05) is 12.1 Å². The van der Waals surface area contributed by atoms with E-state index in [0.717, 1.165) is 22.3 Å². The summed E-state index contributed by atoms with van der Waals surface area (Å²) < 4.78 is 25.0. The van der Waals surface area contributed by atoms with E-state index in [2.05, 4.69) is 5.32 Å². The maximum absolute atomic E-state index is 14.0. The van der Waals surface area contributed by atoms with Crippen LogP contribution >= 0.6 is 0 Å². The van der Waals surface area contributed by atoms with Crippen molar-refractivity contribution in [2.24, 2.45) is 0 Å². The second kappa shape index (κ2) is 12.3. The van der Waals surface area contributed by atoms with Gasteiger partial charge in [-0.15, -0.1) is 0 Å². The molecule has 1 unspecified atom stereocenters. The zero-order valence-electron chi connectivity index (χ0n) is 22.0. The average molecular weight is 510 g/mol. The summed E-state index contributed by atoms with van der Waals surface area (Å²) in [4.78, 5) is 11.4. The van der Waals surface area contributed by atoms with Crippen LogP contribution in [0.4, 0.5) is 4.39 Å². The van der Waals surface area contributed by atoms with Crippen molar-refractivity contribution in [2.45, 2.75) is 51.9 Å². The van der Waals surface area contributed by atoms with Crippen molar-refractivity contribution in [3.05, 3.63) is 88.7 Å². The van der Waals surface area contributed by atoms with Crippen molar-refractivity contribution in [1.82, 2.24) is 5.32 Å². The highest BCUT2D eigenvalue weighted by Gasteiger charge is 2.21. The van der Waals surface area contributed by atoms with Gasteiger partial charge in [-0.1, -0.05) is 42.5 Å². The van der Waals surface area contributed by atoms with Gasteiger partial charge in [0.2, 0.25) is 0 Å². The second-order valence-corrected chi connectivity index (χ2v) is 9.96. The number of aryl methyl sites for hydroxylation is 1. The normalized spacial score (nSPS) is 13.3. The van der Waals surface area contributed by atoms with Crippen molar-refractivity contribution in [3.8, 4) is 16.9 Å². The number of hydrogen-bond donors (Lipinski definition) is 3. The number of ether oxygens (including phenoxy) is 2. The number of carboxylic acids is 1. The predicted molar refractivity (Wildman–Crippen MR) is 143 cm³/mol. The lowest BCUT2D eigenvalue weighted by Gasteiger charge is -2.28. The number of benzene rings is 3. The zero-order valence-corrected chi connectivity index (χ0v) is 22.0.